The van der Waals surface area contributed by atoms with Crippen LogP contribution in [-0.2, 0) is 14.8 Å². The molecule has 1 amide bonds. The number of anilines is 1. The van der Waals surface area contributed by atoms with E-state index in [4.69, 9.17) is 9.47 Å². The SMILES string of the molecule is COc1ccc(OC)c(N(CC(=O)NC(C)c2cc(C)ccc2C)S(=O)(=O)c2ccccc2)c1. The molecule has 1 atom stereocenters. The molecule has 3 aromatic carbocycles. The first kappa shape index (κ1) is 25.1. The van der Waals surface area contributed by atoms with Crippen LogP contribution in [0.25, 0.3) is 0 Å². The minimum absolute atomic E-state index is 0.0650. The van der Waals surface area contributed by atoms with Gasteiger partial charge in [-0.3, -0.25) is 9.10 Å². The molecule has 0 aliphatic carbocycles. The second kappa shape index (κ2) is 10.6. The number of nitrogens with zero attached hydrogens (tertiary/aromatic N) is 1. The molecule has 0 aliphatic heterocycles. The highest BCUT2D eigenvalue weighted by Crippen LogP contribution is 2.35. The predicted octanol–water partition coefficient (Wildman–Crippen LogP) is 4.39. The van der Waals surface area contributed by atoms with E-state index >= 15 is 0 Å². The molecule has 180 valence electrons. The van der Waals surface area contributed by atoms with Crippen LogP contribution < -0.4 is 19.1 Å². The van der Waals surface area contributed by atoms with Gasteiger partial charge in [0.25, 0.3) is 10.0 Å². The maximum absolute atomic E-state index is 13.6. The third kappa shape index (κ3) is 5.51. The zero-order chi connectivity index (χ0) is 24.9. The van der Waals surface area contributed by atoms with E-state index in [-0.39, 0.29) is 16.6 Å². The van der Waals surface area contributed by atoms with Crippen LogP contribution in [0.15, 0.2) is 71.6 Å². The summed E-state index contributed by atoms with van der Waals surface area (Å²) in [4.78, 5) is 13.2. The Morgan fingerprint density at radius 1 is 0.971 bits per heavy atom. The number of aryl methyl sites for hydroxylation is 2. The van der Waals surface area contributed by atoms with Gasteiger partial charge in [0.05, 0.1) is 30.8 Å². The van der Waals surface area contributed by atoms with Crippen LogP contribution in [-0.4, -0.2) is 35.1 Å². The van der Waals surface area contributed by atoms with Crippen molar-refractivity contribution in [2.24, 2.45) is 0 Å². The number of benzene rings is 3. The Balaban J connectivity index is 2.00. The number of hydrogen-bond acceptors (Lipinski definition) is 5. The van der Waals surface area contributed by atoms with Crippen molar-refractivity contribution >= 4 is 21.6 Å². The van der Waals surface area contributed by atoms with E-state index in [9.17, 15) is 13.2 Å². The third-order valence-corrected chi connectivity index (χ3v) is 7.33. The summed E-state index contributed by atoms with van der Waals surface area (Å²) in [6, 6.07) is 18.5. The van der Waals surface area contributed by atoms with Crippen LogP contribution in [0, 0.1) is 13.8 Å². The fourth-order valence-electron chi connectivity index (χ4n) is 3.73. The molecule has 0 aromatic heterocycles. The Labute approximate surface area is 201 Å². The van der Waals surface area contributed by atoms with Gasteiger partial charge in [-0.15, -0.1) is 0 Å². The molecule has 1 unspecified atom stereocenters. The van der Waals surface area contributed by atoms with Crippen molar-refractivity contribution in [1.29, 1.82) is 0 Å². The van der Waals surface area contributed by atoms with Gasteiger partial charge in [-0.25, -0.2) is 8.42 Å². The van der Waals surface area contributed by atoms with Crippen LogP contribution in [0.5, 0.6) is 11.5 Å². The van der Waals surface area contributed by atoms with Crippen molar-refractivity contribution in [2.45, 2.75) is 31.7 Å². The predicted molar refractivity (Wildman–Crippen MR) is 133 cm³/mol. The molecule has 0 radical (unpaired) electrons. The second-order valence-electron chi connectivity index (χ2n) is 8.01. The van der Waals surface area contributed by atoms with Crippen molar-refractivity contribution in [3.63, 3.8) is 0 Å². The average Bonchev–Trinajstić information content (AvgIpc) is 2.84. The minimum Gasteiger partial charge on any atom is -0.497 e. The van der Waals surface area contributed by atoms with Crippen LogP contribution >= 0.6 is 0 Å². The highest BCUT2D eigenvalue weighted by molar-refractivity contribution is 7.92. The molecule has 0 saturated carbocycles. The fraction of sp³-hybridized carbons (Fsp3) is 0.269. The van der Waals surface area contributed by atoms with Gasteiger partial charge >= 0.3 is 0 Å². The number of methoxy groups -OCH3 is 2. The first-order valence-electron chi connectivity index (χ1n) is 10.8. The number of rotatable bonds is 9. The smallest absolute Gasteiger partial charge is 0.264 e. The molecule has 0 fully saturated rings. The fourth-order valence-corrected chi connectivity index (χ4v) is 5.18. The van der Waals surface area contributed by atoms with Gasteiger partial charge in [0.15, 0.2) is 0 Å². The largest absolute Gasteiger partial charge is 0.497 e. The molecule has 7 nitrogen and oxygen atoms in total. The van der Waals surface area contributed by atoms with Gasteiger partial charge < -0.3 is 14.8 Å². The Morgan fingerprint density at radius 3 is 2.32 bits per heavy atom. The summed E-state index contributed by atoms with van der Waals surface area (Å²) in [6.45, 7) is 5.41. The lowest BCUT2D eigenvalue weighted by atomic mass is 10.00. The summed E-state index contributed by atoms with van der Waals surface area (Å²) in [5, 5.41) is 2.94. The van der Waals surface area contributed by atoms with Gasteiger partial charge in [-0.05, 0) is 56.2 Å². The monoisotopic (exact) mass is 482 g/mol. The molecule has 1 N–H and O–H groups in total. The lowest BCUT2D eigenvalue weighted by Crippen LogP contribution is -2.41. The van der Waals surface area contributed by atoms with Gasteiger partial charge in [-0.1, -0.05) is 42.0 Å². The number of carbonyl (C=O) groups is 1. The minimum atomic E-state index is -4.09. The molecule has 0 heterocycles. The van der Waals surface area contributed by atoms with E-state index in [1.165, 1.54) is 26.4 Å². The number of amides is 1. The van der Waals surface area contributed by atoms with Crippen molar-refractivity contribution in [3.05, 3.63) is 83.4 Å². The molecule has 3 aromatic rings. The van der Waals surface area contributed by atoms with E-state index in [0.29, 0.717) is 11.5 Å². The summed E-state index contributed by atoms with van der Waals surface area (Å²) in [5.41, 5.74) is 3.31. The zero-order valence-electron chi connectivity index (χ0n) is 20.0. The van der Waals surface area contributed by atoms with E-state index in [1.54, 1.807) is 36.4 Å². The number of sulfonamides is 1. The Bertz CT molecular complexity index is 1260. The quantitative estimate of drug-likeness (QED) is 0.489. The zero-order valence-corrected chi connectivity index (χ0v) is 20.8. The van der Waals surface area contributed by atoms with E-state index < -0.39 is 22.5 Å². The summed E-state index contributed by atoms with van der Waals surface area (Å²) < 4.78 is 39.1. The molecule has 0 bridgehead atoms. The highest BCUT2D eigenvalue weighted by atomic mass is 32.2. The third-order valence-electron chi connectivity index (χ3n) is 5.55. The number of carbonyl (C=O) groups excluding carboxylic acids is 1. The van der Waals surface area contributed by atoms with Gasteiger partial charge in [0, 0.05) is 6.07 Å². The Kier molecular flexibility index (Phi) is 7.83. The highest BCUT2D eigenvalue weighted by Gasteiger charge is 2.30. The van der Waals surface area contributed by atoms with Crippen molar-refractivity contribution < 1.29 is 22.7 Å². The molecule has 8 heteroatoms. The van der Waals surface area contributed by atoms with Gasteiger partial charge in [0.1, 0.15) is 18.0 Å². The number of nitrogens with one attached hydrogen (secondary N) is 1. The lowest BCUT2D eigenvalue weighted by Gasteiger charge is -2.27. The average molecular weight is 483 g/mol. The first-order chi connectivity index (χ1) is 16.2. The lowest BCUT2D eigenvalue weighted by molar-refractivity contribution is -0.120. The van der Waals surface area contributed by atoms with Gasteiger partial charge in [0.2, 0.25) is 5.91 Å². The second-order valence-corrected chi connectivity index (χ2v) is 9.87. The number of hydrogen-bond donors (Lipinski definition) is 1. The topological polar surface area (TPSA) is 84.9 Å². The van der Waals surface area contributed by atoms with Crippen LogP contribution in [0.3, 0.4) is 0 Å². The van der Waals surface area contributed by atoms with E-state index in [0.717, 1.165) is 21.0 Å². The summed E-state index contributed by atoms with van der Waals surface area (Å²) >= 11 is 0. The molecule has 34 heavy (non-hydrogen) atoms. The molecule has 0 saturated heterocycles. The summed E-state index contributed by atoms with van der Waals surface area (Å²) in [5.74, 6) is 0.293. The Hall–Kier alpha value is -3.52. The Morgan fingerprint density at radius 2 is 1.68 bits per heavy atom. The summed E-state index contributed by atoms with van der Waals surface area (Å²) in [7, 11) is -1.15. The van der Waals surface area contributed by atoms with E-state index in [2.05, 4.69) is 5.32 Å². The first-order valence-corrected chi connectivity index (χ1v) is 12.3. The normalized spacial score (nSPS) is 12.0. The van der Waals surface area contributed by atoms with Gasteiger partial charge in [-0.2, -0.15) is 0 Å². The molecular weight excluding hydrogens is 452 g/mol. The molecule has 0 aliphatic rings. The van der Waals surface area contributed by atoms with Crippen molar-refractivity contribution in [1.82, 2.24) is 5.32 Å². The van der Waals surface area contributed by atoms with Crippen LogP contribution in [0.4, 0.5) is 5.69 Å². The standard InChI is InChI=1S/C26H30N2O5S/c1-18-11-12-19(2)23(15-18)20(3)27-26(29)17-28(34(30,31)22-9-7-6-8-10-22)24-16-21(32-4)13-14-25(24)33-5/h6-16,20H,17H2,1-5H3,(H,27,29). The van der Waals surface area contributed by atoms with Crippen LogP contribution in [0.1, 0.15) is 29.7 Å². The molecule has 0 spiro atoms. The van der Waals surface area contributed by atoms with E-state index in [1.807, 2.05) is 39.0 Å². The van der Waals surface area contributed by atoms with Crippen molar-refractivity contribution in [3.8, 4) is 11.5 Å². The maximum atomic E-state index is 13.6. The summed E-state index contributed by atoms with van der Waals surface area (Å²) in [6.07, 6.45) is 0. The van der Waals surface area contributed by atoms with Crippen LogP contribution in [0.2, 0.25) is 0 Å². The molecular formula is C26H30N2O5S. The number of ether oxygens (including phenoxy) is 2. The molecule has 3 rings (SSSR count). The van der Waals surface area contributed by atoms with Crippen molar-refractivity contribution in [2.75, 3.05) is 25.1 Å². The maximum Gasteiger partial charge on any atom is 0.264 e.